The Morgan fingerprint density at radius 3 is 2.62 bits per heavy atom. The van der Waals surface area contributed by atoms with Gasteiger partial charge in [0.15, 0.2) is 0 Å². The van der Waals surface area contributed by atoms with Gasteiger partial charge >= 0.3 is 0 Å². The van der Waals surface area contributed by atoms with Crippen LogP contribution in [0.4, 0.5) is 0 Å². The second-order valence-electron chi connectivity index (χ2n) is 6.55. The summed E-state index contributed by atoms with van der Waals surface area (Å²) in [6, 6.07) is 9.59. The van der Waals surface area contributed by atoms with Gasteiger partial charge in [0.25, 0.3) is 0 Å². The third kappa shape index (κ3) is 5.77. The third-order valence-corrected chi connectivity index (χ3v) is 4.15. The summed E-state index contributed by atoms with van der Waals surface area (Å²) in [6.07, 6.45) is 2.61. The molecule has 1 N–H and O–H groups in total. The second kappa shape index (κ2) is 8.52. The number of piperidine rings is 1. The molecule has 0 saturated carbocycles. The van der Waals surface area contributed by atoms with Crippen LogP contribution in [0.2, 0.25) is 0 Å². The van der Waals surface area contributed by atoms with Crippen molar-refractivity contribution in [3.63, 3.8) is 0 Å². The number of likely N-dealkylation sites (tertiary alicyclic amines) is 1. The fourth-order valence-corrected chi connectivity index (χ4v) is 3.01. The summed E-state index contributed by atoms with van der Waals surface area (Å²) in [7, 11) is 1.81. The molecule has 1 aromatic rings. The fourth-order valence-electron chi connectivity index (χ4n) is 3.01. The first-order valence-corrected chi connectivity index (χ1v) is 8.20. The molecule has 0 amide bonds. The monoisotopic (exact) mass is 290 g/mol. The molecule has 1 saturated heterocycles. The Kier molecular flexibility index (Phi) is 6.68. The minimum absolute atomic E-state index is 0.538. The maximum atomic E-state index is 5.31. The topological polar surface area (TPSA) is 24.5 Å². The largest absolute Gasteiger partial charge is 0.384 e. The van der Waals surface area contributed by atoms with Crippen LogP contribution < -0.4 is 5.32 Å². The van der Waals surface area contributed by atoms with E-state index in [1.807, 2.05) is 7.11 Å². The first-order chi connectivity index (χ1) is 10.2. The molecular formula is C18H30N2O. The summed E-state index contributed by atoms with van der Waals surface area (Å²) in [6.45, 7) is 9.68. The molecule has 1 unspecified atom stereocenters. The fraction of sp³-hybridized carbons (Fsp3) is 0.667. The number of methoxy groups -OCH3 is 1. The van der Waals surface area contributed by atoms with Crippen molar-refractivity contribution in [1.29, 1.82) is 0 Å². The maximum Gasteiger partial charge on any atom is 0.0502 e. The molecule has 1 atom stereocenters. The van der Waals surface area contributed by atoms with E-state index in [0.717, 1.165) is 19.7 Å². The van der Waals surface area contributed by atoms with E-state index < -0.39 is 0 Å². The Balaban J connectivity index is 1.82. The predicted octanol–water partition coefficient (Wildman–Crippen LogP) is 3.04. The molecule has 0 bridgehead atoms. The Labute approximate surface area is 129 Å². The number of nitrogens with one attached hydrogen (secondary N) is 1. The summed E-state index contributed by atoms with van der Waals surface area (Å²) in [5.74, 6) is 0.707. The number of rotatable bonds is 7. The van der Waals surface area contributed by atoms with Gasteiger partial charge in [-0.2, -0.15) is 0 Å². The normalized spacial score (nSPS) is 20.1. The smallest absolute Gasteiger partial charge is 0.0502 e. The Morgan fingerprint density at radius 2 is 1.95 bits per heavy atom. The van der Waals surface area contributed by atoms with Crippen LogP contribution in [0.25, 0.3) is 0 Å². The van der Waals surface area contributed by atoms with E-state index in [2.05, 4.69) is 48.3 Å². The predicted molar refractivity (Wildman–Crippen MR) is 88.3 cm³/mol. The van der Waals surface area contributed by atoms with Crippen molar-refractivity contribution in [1.82, 2.24) is 10.2 Å². The lowest BCUT2D eigenvalue weighted by Crippen LogP contribution is -2.36. The van der Waals surface area contributed by atoms with Crippen LogP contribution in [-0.2, 0) is 17.8 Å². The maximum absolute atomic E-state index is 5.31. The molecule has 0 spiro atoms. The van der Waals surface area contributed by atoms with Gasteiger partial charge in [0.05, 0.1) is 6.61 Å². The highest BCUT2D eigenvalue weighted by Crippen LogP contribution is 2.19. The van der Waals surface area contributed by atoms with E-state index in [-0.39, 0.29) is 0 Å². The zero-order chi connectivity index (χ0) is 15.1. The van der Waals surface area contributed by atoms with Gasteiger partial charge in [-0.05, 0) is 36.4 Å². The standard InChI is InChI=1S/C18H30N2O/c1-15(2)19-11-16-6-8-17(9-7-16)12-20-10-4-5-18(13-20)14-21-3/h6-9,15,18-19H,4-5,10-14H2,1-3H3. The van der Waals surface area contributed by atoms with E-state index in [1.54, 1.807) is 0 Å². The number of ether oxygens (including phenoxy) is 1. The minimum atomic E-state index is 0.538. The molecule has 1 aromatic carbocycles. The third-order valence-electron chi connectivity index (χ3n) is 4.15. The average Bonchev–Trinajstić information content (AvgIpc) is 2.47. The number of hydrogen-bond donors (Lipinski definition) is 1. The van der Waals surface area contributed by atoms with Gasteiger partial charge in [-0.15, -0.1) is 0 Å². The van der Waals surface area contributed by atoms with E-state index in [0.29, 0.717) is 12.0 Å². The van der Waals surface area contributed by atoms with Crippen LogP contribution in [-0.4, -0.2) is 37.7 Å². The molecule has 118 valence electrons. The molecule has 0 aromatic heterocycles. The minimum Gasteiger partial charge on any atom is -0.384 e. The quantitative estimate of drug-likeness (QED) is 0.835. The molecule has 1 aliphatic heterocycles. The van der Waals surface area contributed by atoms with E-state index >= 15 is 0 Å². The van der Waals surface area contributed by atoms with Gasteiger partial charge in [-0.1, -0.05) is 38.1 Å². The molecule has 0 radical (unpaired) electrons. The number of benzene rings is 1. The molecule has 3 heteroatoms. The SMILES string of the molecule is COCC1CCCN(Cc2ccc(CNC(C)C)cc2)C1. The average molecular weight is 290 g/mol. The molecule has 21 heavy (non-hydrogen) atoms. The second-order valence-corrected chi connectivity index (χ2v) is 6.55. The Morgan fingerprint density at radius 1 is 1.24 bits per heavy atom. The molecule has 0 aliphatic carbocycles. The lowest BCUT2D eigenvalue weighted by atomic mass is 9.98. The number of hydrogen-bond acceptors (Lipinski definition) is 3. The van der Waals surface area contributed by atoms with Crippen molar-refractivity contribution >= 4 is 0 Å². The molecule has 1 aliphatic rings. The highest BCUT2D eigenvalue weighted by molar-refractivity contribution is 5.22. The van der Waals surface area contributed by atoms with Crippen molar-refractivity contribution in [2.45, 2.75) is 45.8 Å². The van der Waals surface area contributed by atoms with E-state index in [4.69, 9.17) is 4.74 Å². The molecule has 3 nitrogen and oxygen atoms in total. The molecule has 1 heterocycles. The summed E-state index contributed by atoms with van der Waals surface area (Å²) in [4.78, 5) is 2.56. The van der Waals surface area contributed by atoms with Gasteiger partial charge in [0, 0.05) is 32.8 Å². The molecular weight excluding hydrogens is 260 g/mol. The van der Waals surface area contributed by atoms with Crippen LogP contribution >= 0.6 is 0 Å². The Bertz CT molecular complexity index is 400. The summed E-state index contributed by atoms with van der Waals surface area (Å²) < 4.78 is 5.31. The molecule has 2 rings (SSSR count). The highest BCUT2D eigenvalue weighted by atomic mass is 16.5. The first kappa shape index (κ1) is 16.5. The van der Waals surface area contributed by atoms with Gasteiger partial charge in [-0.3, -0.25) is 4.90 Å². The summed E-state index contributed by atoms with van der Waals surface area (Å²) in [5.41, 5.74) is 2.78. The van der Waals surface area contributed by atoms with Gasteiger partial charge < -0.3 is 10.1 Å². The lowest BCUT2D eigenvalue weighted by molar-refractivity contribution is 0.0874. The zero-order valence-corrected chi connectivity index (χ0v) is 13.8. The van der Waals surface area contributed by atoms with Crippen molar-refractivity contribution in [3.05, 3.63) is 35.4 Å². The molecule has 1 fully saturated rings. The lowest BCUT2D eigenvalue weighted by Gasteiger charge is -2.32. The van der Waals surface area contributed by atoms with Crippen molar-refractivity contribution < 1.29 is 4.74 Å². The van der Waals surface area contributed by atoms with Crippen LogP contribution in [0.1, 0.15) is 37.8 Å². The number of nitrogens with zero attached hydrogens (tertiary/aromatic N) is 1. The zero-order valence-electron chi connectivity index (χ0n) is 13.8. The van der Waals surface area contributed by atoms with E-state index in [1.165, 1.54) is 37.1 Å². The summed E-state index contributed by atoms with van der Waals surface area (Å²) in [5, 5.41) is 3.46. The van der Waals surface area contributed by atoms with Gasteiger partial charge in [0.1, 0.15) is 0 Å². The van der Waals surface area contributed by atoms with Crippen molar-refractivity contribution in [2.75, 3.05) is 26.8 Å². The first-order valence-electron chi connectivity index (χ1n) is 8.20. The van der Waals surface area contributed by atoms with Gasteiger partial charge in [0.2, 0.25) is 0 Å². The van der Waals surface area contributed by atoms with Crippen LogP contribution in [0, 0.1) is 5.92 Å². The van der Waals surface area contributed by atoms with Crippen LogP contribution in [0.15, 0.2) is 24.3 Å². The van der Waals surface area contributed by atoms with Crippen molar-refractivity contribution in [2.24, 2.45) is 5.92 Å². The van der Waals surface area contributed by atoms with Crippen LogP contribution in [0.5, 0.6) is 0 Å². The highest BCUT2D eigenvalue weighted by Gasteiger charge is 2.19. The van der Waals surface area contributed by atoms with Gasteiger partial charge in [-0.25, -0.2) is 0 Å². The van der Waals surface area contributed by atoms with Crippen LogP contribution in [0.3, 0.4) is 0 Å². The Hall–Kier alpha value is -0.900. The summed E-state index contributed by atoms with van der Waals surface area (Å²) >= 11 is 0. The van der Waals surface area contributed by atoms with E-state index in [9.17, 15) is 0 Å². The van der Waals surface area contributed by atoms with Crippen molar-refractivity contribution in [3.8, 4) is 0 Å².